The summed E-state index contributed by atoms with van der Waals surface area (Å²) in [6, 6.07) is 4.84. The second kappa shape index (κ2) is 6.11. The van der Waals surface area contributed by atoms with Crippen LogP contribution in [0.1, 0.15) is 32.3 Å². The molecule has 20 heavy (non-hydrogen) atoms. The number of ether oxygens (including phenoxy) is 1. The van der Waals surface area contributed by atoms with Gasteiger partial charge >= 0.3 is 0 Å². The molecule has 0 spiro atoms. The number of hydrogen-bond acceptors (Lipinski definition) is 4. The third-order valence-electron chi connectivity index (χ3n) is 3.37. The second-order valence-electron chi connectivity index (χ2n) is 5.30. The molecule has 3 N–H and O–H groups in total. The number of hydrogen-bond donors (Lipinski definition) is 2. The van der Waals surface area contributed by atoms with E-state index in [0.717, 1.165) is 30.6 Å². The lowest BCUT2D eigenvalue weighted by atomic mass is 10.1. The Bertz CT molecular complexity index is 572. The van der Waals surface area contributed by atoms with Crippen molar-refractivity contribution >= 4 is 10.0 Å². The first-order valence-corrected chi connectivity index (χ1v) is 8.45. The first-order valence-electron chi connectivity index (χ1n) is 6.97. The SMILES string of the molecule is CCCC(N)CNS(=O)(=O)c1ccc2c(c1)CC(C)O2. The van der Waals surface area contributed by atoms with E-state index in [1.807, 2.05) is 13.8 Å². The molecule has 0 radical (unpaired) electrons. The van der Waals surface area contributed by atoms with Crippen LogP contribution in [0.3, 0.4) is 0 Å². The summed E-state index contributed by atoms with van der Waals surface area (Å²) < 4.78 is 32.6. The molecule has 0 saturated carbocycles. The van der Waals surface area contributed by atoms with Crippen molar-refractivity contribution in [3.63, 3.8) is 0 Å². The summed E-state index contributed by atoms with van der Waals surface area (Å²) in [5, 5.41) is 0. The summed E-state index contributed by atoms with van der Waals surface area (Å²) in [6.45, 7) is 4.26. The molecule has 1 aliphatic heterocycles. The molecule has 112 valence electrons. The summed E-state index contributed by atoms with van der Waals surface area (Å²) in [7, 11) is -3.50. The van der Waals surface area contributed by atoms with E-state index in [0.29, 0.717) is 0 Å². The van der Waals surface area contributed by atoms with Crippen molar-refractivity contribution in [2.75, 3.05) is 6.54 Å². The van der Waals surface area contributed by atoms with Crippen molar-refractivity contribution in [2.24, 2.45) is 5.73 Å². The van der Waals surface area contributed by atoms with Gasteiger partial charge in [-0.1, -0.05) is 13.3 Å². The summed E-state index contributed by atoms with van der Waals surface area (Å²) in [6.07, 6.45) is 2.59. The molecule has 1 aromatic rings. The molecule has 5 nitrogen and oxygen atoms in total. The van der Waals surface area contributed by atoms with Gasteiger partial charge in [0.1, 0.15) is 11.9 Å². The number of fused-ring (bicyclic) bond motifs is 1. The van der Waals surface area contributed by atoms with Crippen LogP contribution in [0.15, 0.2) is 23.1 Å². The summed E-state index contributed by atoms with van der Waals surface area (Å²) >= 11 is 0. The van der Waals surface area contributed by atoms with Crippen molar-refractivity contribution in [3.8, 4) is 5.75 Å². The molecular formula is C14H22N2O3S. The largest absolute Gasteiger partial charge is 0.490 e. The van der Waals surface area contributed by atoms with Gasteiger partial charge in [0, 0.05) is 19.0 Å². The van der Waals surface area contributed by atoms with Gasteiger partial charge in [-0.2, -0.15) is 0 Å². The fourth-order valence-corrected chi connectivity index (χ4v) is 3.48. The predicted octanol–water partition coefficient (Wildman–Crippen LogP) is 1.42. The van der Waals surface area contributed by atoms with Gasteiger partial charge in [-0.3, -0.25) is 0 Å². The van der Waals surface area contributed by atoms with Crippen molar-refractivity contribution < 1.29 is 13.2 Å². The number of nitrogens with one attached hydrogen (secondary N) is 1. The maximum atomic E-state index is 12.2. The van der Waals surface area contributed by atoms with Crippen molar-refractivity contribution in [2.45, 2.75) is 50.2 Å². The lowest BCUT2D eigenvalue weighted by Gasteiger charge is -2.12. The highest BCUT2D eigenvalue weighted by molar-refractivity contribution is 7.89. The molecule has 0 aliphatic carbocycles. The van der Waals surface area contributed by atoms with Crippen LogP contribution in [0.5, 0.6) is 5.75 Å². The number of sulfonamides is 1. The smallest absolute Gasteiger partial charge is 0.240 e. The fraction of sp³-hybridized carbons (Fsp3) is 0.571. The Morgan fingerprint density at radius 2 is 2.25 bits per heavy atom. The maximum absolute atomic E-state index is 12.2. The van der Waals surface area contributed by atoms with Crippen molar-refractivity contribution in [1.29, 1.82) is 0 Å². The molecular weight excluding hydrogens is 276 g/mol. The van der Waals surface area contributed by atoms with E-state index in [2.05, 4.69) is 4.72 Å². The quantitative estimate of drug-likeness (QED) is 0.832. The molecule has 0 bridgehead atoms. The molecule has 6 heteroatoms. The third-order valence-corrected chi connectivity index (χ3v) is 4.79. The Kier molecular flexibility index (Phi) is 4.67. The van der Waals surface area contributed by atoms with Gasteiger partial charge in [0.15, 0.2) is 0 Å². The van der Waals surface area contributed by atoms with Crippen LogP contribution in [0, 0.1) is 0 Å². The minimum atomic E-state index is -3.50. The van der Waals surface area contributed by atoms with E-state index >= 15 is 0 Å². The van der Waals surface area contributed by atoms with Crippen LogP contribution in [0.4, 0.5) is 0 Å². The Hall–Kier alpha value is -1.11. The second-order valence-corrected chi connectivity index (χ2v) is 7.07. The van der Waals surface area contributed by atoms with Crippen LogP contribution in [0.25, 0.3) is 0 Å². The van der Waals surface area contributed by atoms with E-state index < -0.39 is 10.0 Å². The first kappa shape index (κ1) is 15.3. The number of rotatable bonds is 6. The lowest BCUT2D eigenvalue weighted by Crippen LogP contribution is -2.37. The molecule has 1 aliphatic rings. The average molecular weight is 298 g/mol. The monoisotopic (exact) mass is 298 g/mol. The van der Waals surface area contributed by atoms with Crippen LogP contribution >= 0.6 is 0 Å². The maximum Gasteiger partial charge on any atom is 0.240 e. The molecule has 1 aromatic carbocycles. The van der Waals surface area contributed by atoms with Crippen LogP contribution in [-0.2, 0) is 16.4 Å². The molecule has 0 aromatic heterocycles. The van der Waals surface area contributed by atoms with E-state index in [-0.39, 0.29) is 23.6 Å². The molecule has 2 atom stereocenters. The van der Waals surface area contributed by atoms with E-state index in [4.69, 9.17) is 10.5 Å². The molecule has 0 fully saturated rings. The van der Waals surface area contributed by atoms with Gasteiger partial charge in [-0.05, 0) is 37.1 Å². The zero-order chi connectivity index (χ0) is 14.8. The predicted molar refractivity (Wildman–Crippen MR) is 78.3 cm³/mol. The van der Waals surface area contributed by atoms with Gasteiger partial charge in [0.2, 0.25) is 10.0 Å². The van der Waals surface area contributed by atoms with Crippen LogP contribution in [-0.4, -0.2) is 27.1 Å². The molecule has 0 saturated heterocycles. The Morgan fingerprint density at radius 3 is 2.95 bits per heavy atom. The highest BCUT2D eigenvalue weighted by Gasteiger charge is 2.22. The highest BCUT2D eigenvalue weighted by atomic mass is 32.2. The fourth-order valence-electron chi connectivity index (χ4n) is 2.34. The average Bonchev–Trinajstić information content (AvgIpc) is 2.76. The minimum Gasteiger partial charge on any atom is -0.490 e. The van der Waals surface area contributed by atoms with E-state index in [9.17, 15) is 8.42 Å². The van der Waals surface area contributed by atoms with Crippen molar-refractivity contribution in [3.05, 3.63) is 23.8 Å². The zero-order valence-electron chi connectivity index (χ0n) is 11.9. The Labute approximate surface area is 120 Å². The standard InChI is InChI=1S/C14H22N2O3S/c1-3-4-12(15)9-16-20(17,18)13-5-6-14-11(8-13)7-10(2)19-14/h5-6,8,10,12,16H,3-4,7,9,15H2,1-2H3. The van der Waals surface area contributed by atoms with Crippen LogP contribution < -0.4 is 15.2 Å². The Morgan fingerprint density at radius 1 is 1.50 bits per heavy atom. The van der Waals surface area contributed by atoms with Gasteiger partial charge in [-0.25, -0.2) is 13.1 Å². The topological polar surface area (TPSA) is 81.4 Å². The molecule has 0 amide bonds. The normalized spacial score (nSPS) is 19.4. The molecule has 1 heterocycles. The third kappa shape index (κ3) is 3.50. The number of benzene rings is 1. The molecule has 2 rings (SSSR count). The van der Waals surface area contributed by atoms with Gasteiger partial charge in [0.25, 0.3) is 0 Å². The highest BCUT2D eigenvalue weighted by Crippen LogP contribution is 2.30. The lowest BCUT2D eigenvalue weighted by molar-refractivity contribution is 0.254. The van der Waals surface area contributed by atoms with Gasteiger partial charge in [-0.15, -0.1) is 0 Å². The Balaban J connectivity index is 2.09. The first-order chi connectivity index (χ1) is 9.42. The number of nitrogens with two attached hydrogens (primary N) is 1. The summed E-state index contributed by atoms with van der Waals surface area (Å²) in [4.78, 5) is 0.276. The zero-order valence-corrected chi connectivity index (χ0v) is 12.7. The van der Waals surface area contributed by atoms with Crippen molar-refractivity contribution in [1.82, 2.24) is 4.72 Å². The summed E-state index contributed by atoms with van der Waals surface area (Å²) in [5.74, 6) is 0.777. The van der Waals surface area contributed by atoms with Crippen LogP contribution in [0.2, 0.25) is 0 Å². The van der Waals surface area contributed by atoms with Gasteiger partial charge < -0.3 is 10.5 Å². The minimum absolute atomic E-state index is 0.105. The van der Waals surface area contributed by atoms with E-state index in [1.165, 1.54) is 0 Å². The summed E-state index contributed by atoms with van der Waals surface area (Å²) in [5.41, 5.74) is 6.77. The molecule has 2 unspecified atom stereocenters. The van der Waals surface area contributed by atoms with Gasteiger partial charge in [0.05, 0.1) is 4.90 Å². The van der Waals surface area contributed by atoms with E-state index in [1.54, 1.807) is 18.2 Å².